The van der Waals surface area contributed by atoms with Crippen molar-refractivity contribution in [3.05, 3.63) is 53.9 Å². The van der Waals surface area contributed by atoms with Gasteiger partial charge in [0.25, 0.3) is 0 Å². The van der Waals surface area contributed by atoms with Crippen molar-refractivity contribution >= 4 is 5.91 Å². The first-order chi connectivity index (χ1) is 8.15. The molecule has 1 aromatic carbocycles. The second-order valence-corrected chi connectivity index (χ2v) is 3.69. The number of pyridine rings is 1. The number of benzene rings is 1. The third-order valence-corrected chi connectivity index (χ3v) is 2.25. The number of aryl methyl sites for hydroxylation is 1. The molecule has 2 rings (SSSR count). The van der Waals surface area contributed by atoms with E-state index in [2.05, 4.69) is 4.98 Å². The van der Waals surface area contributed by atoms with Crippen molar-refractivity contribution in [2.45, 2.75) is 6.92 Å². The van der Waals surface area contributed by atoms with Gasteiger partial charge in [0, 0.05) is 6.20 Å². The zero-order valence-corrected chi connectivity index (χ0v) is 9.38. The highest BCUT2D eigenvalue weighted by atomic mass is 16.5. The molecule has 1 heterocycles. The smallest absolute Gasteiger partial charge is 0.250 e. The summed E-state index contributed by atoms with van der Waals surface area (Å²) in [7, 11) is 0. The van der Waals surface area contributed by atoms with Crippen LogP contribution in [0, 0.1) is 6.92 Å². The average molecular weight is 228 g/mol. The minimum Gasteiger partial charge on any atom is -0.456 e. The van der Waals surface area contributed by atoms with E-state index in [4.69, 9.17) is 10.5 Å². The zero-order valence-electron chi connectivity index (χ0n) is 9.38. The number of aromatic nitrogens is 1. The molecule has 86 valence electrons. The normalized spacial score (nSPS) is 9.94. The number of primary amides is 1. The van der Waals surface area contributed by atoms with E-state index in [1.54, 1.807) is 6.07 Å². The molecule has 2 N–H and O–H groups in total. The highest BCUT2D eigenvalue weighted by molar-refractivity contribution is 5.92. The molecule has 4 nitrogen and oxygen atoms in total. The fraction of sp³-hybridized carbons (Fsp3) is 0.0769. The van der Waals surface area contributed by atoms with Gasteiger partial charge in [-0.15, -0.1) is 0 Å². The van der Waals surface area contributed by atoms with Crippen molar-refractivity contribution in [1.29, 1.82) is 0 Å². The van der Waals surface area contributed by atoms with Crippen LogP contribution in [0.2, 0.25) is 0 Å². The average Bonchev–Trinajstić information content (AvgIpc) is 2.32. The Morgan fingerprint density at radius 1 is 1.18 bits per heavy atom. The van der Waals surface area contributed by atoms with Gasteiger partial charge in [0.05, 0.1) is 11.8 Å². The molecule has 0 saturated heterocycles. The Hall–Kier alpha value is -2.36. The molecule has 0 fully saturated rings. The summed E-state index contributed by atoms with van der Waals surface area (Å²) < 4.78 is 5.55. The number of nitrogens with two attached hydrogens (primary N) is 1. The molecule has 0 atom stereocenters. The van der Waals surface area contributed by atoms with Gasteiger partial charge in [-0.1, -0.05) is 17.7 Å². The molecule has 0 bridgehead atoms. The van der Waals surface area contributed by atoms with Crippen LogP contribution in [0.5, 0.6) is 11.5 Å². The van der Waals surface area contributed by atoms with E-state index < -0.39 is 5.91 Å². The standard InChI is InChI=1S/C13H12N2O2/c1-9-2-4-11(5-3-9)17-12-6-10(13(14)16)7-15-8-12/h2-8H,1H3,(H2,14,16). The first kappa shape index (κ1) is 11.1. The summed E-state index contributed by atoms with van der Waals surface area (Å²) in [5.74, 6) is 0.663. The molecule has 4 heteroatoms. The van der Waals surface area contributed by atoms with E-state index in [0.717, 1.165) is 5.56 Å². The predicted molar refractivity (Wildman–Crippen MR) is 64.0 cm³/mol. The Balaban J connectivity index is 2.21. The van der Waals surface area contributed by atoms with Crippen molar-refractivity contribution in [3.8, 4) is 11.5 Å². The summed E-state index contributed by atoms with van der Waals surface area (Å²) in [5, 5.41) is 0. The van der Waals surface area contributed by atoms with Gasteiger partial charge in [-0.25, -0.2) is 0 Å². The van der Waals surface area contributed by atoms with Crippen molar-refractivity contribution in [1.82, 2.24) is 4.98 Å². The predicted octanol–water partition coefficient (Wildman–Crippen LogP) is 2.28. The molecule has 0 spiro atoms. The summed E-state index contributed by atoms with van der Waals surface area (Å²) in [4.78, 5) is 14.9. The summed E-state index contributed by atoms with van der Waals surface area (Å²) in [6.07, 6.45) is 2.94. The Morgan fingerprint density at radius 3 is 2.53 bits per heavy atom. The molecular weight excluding hydrogens is 216 g/mol. The van der Waals surface area contributed by atoms with Gasteiger partial charge >= 0.3 is 0 Å². The molecule has 1 aromatic heterocycles. The van der Waals surface area contributed by atoms with Crippen molar-refractivity contribution in [2.24, 2.45) is 5.73 Å². The SMILES string of the molecule is Cc1ccc(Oc2cncc(C(N)=O)c2)cc1. The zero-order chi connectivity index (χ0) is 12.3. The fourth-order valence-corrected chi connectivity index (χ4v) is 1.35. The van der Waals surface area contributed by atoms with Crippen LogP contribution in [0.15, 0.2) is 42.7 Å². The highest BCUT2D eigenvalue weighted by Gasteiger charge is 2.03. The highest BCUT2D eigenvalue weighted by Crippen LogP contribution is 2.21. The lowest BCUT2D eigenvalue weighted by Gasteiger charge is -2.06. The number of rotatable bonds is 3. The maximum absolute atomic E-state index is 11.0. The Morgan fingerprint density at radius 2 is 1.88 bits per heavy atom. The molecule has 17 heavy (non-hydrogen) atoms. The molecule has 1 amide bonds. The summed E-state index contributed by atoms with van der Waals surface area (Å²) >= 11 is 0. The van der Waals surface area contributed by atoms with E-state index in [0.29, 0.717) is 17.1 Å². The molecule has 0 aliphatic carbocycles. The van der Waals surface area contributed by atoms with Gasteiger partial charge in [0.15, 0.2) is 0 Å². The summed E-state index contributed by atoms with van der Waals surface area (Å²) in [5.41, 5.74) is 6.64. The molecular formula is C13H12N2O2. The van der Waals surface area contributed by atoms with Gasteiger partial charge in [0.2, 0.25) is 5.91 Å². The van der Waals surface area contributed by atoms with Crippen molar-refractivity contribution in [3.63, 3.8) is 0 Å². The maximum Gasteiger partial charge on any atom is 0.250 e. The molecule has 0 radical (unpaired) electrons. The first-order valence-corrected chi connectivity index (χ1v) is 5.14. The number of nitrogens with zero attached hydrogens (tertiary/aromatic N) is 1. The minimum atomic E-state index is -0.521. The summed E-state index contributed by atoms with van der Waals surface area (Å²) in [6, 6.07) is 9.16. The van der Waals surface area contributed by atoms with Crippen LogP contribution in [-0.4, -0.2) is 10.9 Å². The van der Waals surface area contributed by atoms with Crippen LogP contribution in [0.4, 0.5) is 0 Å². The van der Waals surface area contributed by atoms with Crippen LogP contribution in [-0.2, 0) is 0 Å². The Labute approximate surface area is 99.1 Å². The van der Waals surface area contributed by atoms with Gasteiger partial charge in [-0.3, -0.25) is 9.78 Å². The van der Waals surface area contributed by atoms with E-state index >= 15 is 0 Å². The number of carbonyl (C=O) groups excluding carboxylic acids is 1. The number of ether oxygens (including phenoxy) is 1. The molecule has 0 aliphatic rings. The van der Waals surface area contributed by atoms with Gasteiger partial charge in [-0.05, 0) is 25.1 Å². The number of amides is 1. The largest absolute Gasteiger partial charge is 0.456 e. The fourth-order valence-electron chi connectivity index (χ4n) is 1.35. The van der Waals surface area contributed by atoms with E-state index in [-0.39, 0.29) is 0 Å². The van der Waals surface area contributed by atoms with Gasteiger partial charge < -0.3 is 10.5 Å². The van der Waals surface area contributed by atoms with E-state index in [9.17, 15) is 4.79 Å². The second kappa shape index (κ2) is 4.65. The van der Waals surface area contributed by atoms with Crippen LogP contribution < -0.4 is 10.5 Å². The lowest BCUT2D eigenvalue weighted by molar-refractivity contribution is 0.0999. The minimum absolute atomic E-state index is 0.328. The van der Waals surface area contributed by atoms with Crippen molar-refractivity contribution < 1.29 is 9.53 Å². The lowest BCUT2D eigenvalue weighted by atomic mass is 10.2. The quantitative estimate of drug-likeness (QED) is 0.876. The monoisotopic (exact) mass is 228 g/mol. The van der Waals surface area contributed by atoms with Crippen LogP contribution >= 0.6 is 0 Å². The van der Waals surface area contributed by atoms with Crippen LogP contribution in [0.1, 0.15) is 15.9 Å². The molecule has 2 aromatic rings. The molecule has 0 saturated carbocycles. The maximum atomic E-state index is 11.0. The first-order valence-electron chi connectivity index (χ1n) is 5.14. The number of hydrogen-bond acceptors (Lipinski definition) is 3. The van der Waals surface area contributed by atoms with Gasteiger partial charge in [-0.2, -0.15) is 0 Å². The second-order valence-electron chi connectivity index (χ2n) is 3.69. The Bertz CT molecular complexity index is 535. The van der Waals surface area contributed by atoms with Gasteiger partial charge in [0.1, 0.15) is 11.5 Å². The number of hydrogen-bond donors (Lipinski definition) is 1. The van der Waals surface area contributed by atoms with Crippen molar-refractivity contribution in [2.75, 3.05) is 0 Å². The summed E-state index contributed by atoms with van der Waals surface area (Å²) in [6.45, 7) is 2.00. The molecule has 0 unspecified atom stereocenters. The topological polar surface area (TPSA) is 65.2 Å². The van der Waals surface area contributed by atoms with E-state index in [1.807, 2.05) is 31.2 Å². The van der Waals surface area contributed by atoms with E-state index in [1.165, 1.54) is 12.4 Å². The number of carbonyl (C=O) groups is 1. The third-order valence-electron chi connectivity index (χ3n) is 2.25. The van der Waals surface area contributed by atoms with Crippen LogP contribution in [0.3, 0.4) is 0 Å². The molecule has 0 aliphatic heterocycles. The Kier molecular flexibility index (Phi) is 3.05. The lowest BCUT2D eigenvalue weighted by Crippen LogP contribution is -2.11. The van der Waals surface area contributed by atoms with Crippen LogP contribution in [0.25, 0.3) is 0 Å². The third kappa shape index (κ3) is 2.81.